The van der Waals surface area contributed by atoms with Crippen LogP contribution in [0.15, 0.2) is 6.07 Å². The molecule has 0 bridgehead atoms. The van der Waals surface area contributed by atoms with E-state index >= 15 is 0 Å². The first-order valence-corrected chi connectivity index (χ1v) is 8.51. The van der Waals surface area contributed by atoms with Gasteiger partial charge in [0.25, 0.3) is 0 Å². The molecule has 1 heterocycles. The summed E-state index contributed by atoms with van der Waals surface area (Å²) in [4.78, 5) is 0. The van der Waals surface area contributed by atoms with Crippen molar-refractivity contribution >= 4 is 10.0 Å². The lowest BCUT2D eigenvalue weighted by molar-refractivity contribution is 0.538. The predicted molar refractivity (Wildman–Crippen MR) is 76.5 cm³/mol. The lowest BCUT2D eigenvalue weighted by Gasteiger charge is -2.21. The molecule has 0 saturated heterocycles. The molecule has 0 saturated carbocycles. The van der Waals surface area contributed by atoms with Crippen molar-refractivity contribution in [2.45, 2.75) is 45.7 Å². The van der Waals surface area contributed by atoms with E-state index in [2.05, 4.69) is 15.4 Å². The topological polar surface area (TPSA) is 77.1 Å². The maximum absolute atomic E-state index is 11.7. The summed E-state index contributed by atoms with van der Waals surface area (Å²) in [5.41, 5.74) is 9.64. The highest BCUT2D eigenvalue weighted by molar-refractivity contribution is 7.89. The van der Waals surface area contributed by atoms with Crippen LogP contribution in [0.4, 0.5) is 0 Å². The fourth-order valence-corrected chi connectivity index (χ4v) is 3.82. The van der Waals surface area contributed by atoms with Crippen LogP contribution in [0.3, 0.4) is 0 Å². The Bertz CT molecular complexity index is 548. The smallest absolute Gasteiger partial charge is 0.213 e. The number of rotatable bonds is 5. The summed E-state index contributed by atoms with van der Waals surface area (Å²) in [6.45, 7) is 4.75. The minimum Gasteiger partial charge on any atom is -0.347 e. The van der Waals surface area contributed by atoms with Gasteiger partial charge >= 0.3 is 0 Å². The Morgan fingerprint density at radius 3 is 2.95 bits per heavy atom. The maximum Gasteiger partial charge on any atom is 0.213 e. The van der Waals surface area contributed by atoms with Crippen molar-refractivity contribution < 1.29 is 8.42 Å². The standard InChI is InChI=1S/C13H23N3O2S/c1-3-15-19(17,18)8-7-16-10(2)9-11-12(14)5-4-6-13(11)16/h9,12,15H,3-8,14H2,1-2H3. The highest BCUT2D eigenvalue weighted by Crippen LogP contribution is 2.30. The molecule has 0 radical (unpaired) electrons. The fourth-order valence-electron chi connectivity index (χ4n) is 2.82. The number of nitrogens with two attached hydrogens (primary N) is 1. The number of aryl methyl sites for hydroxylation is 1. The van der Waals surface area contributed by atoms with E-state index in [4.69, 9.17) is 5.73 Å². The van der Waals surface area contributed by atoms with Gasteiger partial charge in [0.05, 0.1) is 5.75 Å². The molecule has 2 rings (SSSR count). The molecule has 0 amide bonds. The second-order valence-corrected chi connectivity index (χ2v) is 7.08. The first-order chi connectivity index (χ1) is 8.94. The third-order valence-electron chi connectivity index (χ3n) is 3.73. The molecule has 0 spiro atoms. The van der Waals surface area contributed by atoms with Crippen LogP contribution in [0.1, 0.15) is 42.8 Å². The summed E-state index contributed by atoms with van der Waals surface area (Å²) >= 11 is 0. The third-order valence-corrected chi connectivity index (χ3v) is 5.17. The summed E-state index contributed by atoms with van der Waals surface area (Å²) in [7, 11) is -3.17. The molecule has 6 heteroatoms. The number of nitrogens with zero attached hydrogens (tertiary/aromatic N) is 1. The highest BCUT2D eigenvalue weighted by Gasteiger charge is 2.22. The van der Waals surface area contributed by atoms with Crippen LogP contribution in [0.5, 0.6) is 0 Å². The molecular weight excluding hydrogens is 262 g/mol. The summed E-state index contributed by atoms with van der Waals surface area (Å²) < 4.78 is 28.1. The van der Waals surface area contributed by atoms with Crippen molar-refractivity contribution in [1.82, 2.24) is 9.29 Å². The van der Waals surface area contributed by atoms with E-state index in [1.54, 1.807) is 6.92 Å². The Labute approximate surface area is 115 Å². The lowest BCUT2D eigenvalue weighted by Crippen LogP contribution is -2.29. The second-order valence-electron chi connectivity index (χ2n) is 5.15. The van der Waals surface area contributed by atoms with Gasteiger partial charge in [-0.3, -0.25) is 0 Å². The Hall–Kier alpha value is -0.850. The largest absolute Gasteiger partial charge is 0.347 e. The molecule has 3 N–H and O–H groups in total. The van der Waals surface area contributed by atoms with Crippen LogP contribution in [0.25, 0.3) is 0 Å². The van der Waals surface area contributed by atoms with Gasteiger partial charge in [-0.25, -0.2) is 13.1 Å². The molecule has 1 unspecified atom stereocenters. The van der Waals surface area contributed by atoms with Crippen molar-refractivity contribution in [1.29, 1.82) is 0 Å². The van der Waals surface area contributed by atoms with E-state index < -0.39 is 10.0 Å². The van der Waals surface area contributed by atoms with Crippen molar-refractivity contribution in [2.75, 3.05) is 12.3 Å². The molecule has 1 aliphatic rings. The number of fused-ring (bicyclic) bond motifs is 1. The van der Waals surface area contributed by atoms with Crippen LogP contribution < -0.4 is 10.5 Å². The minimum atomic E-state index is -3.17. The first-order valence-electron chi connectivity index (χ1n) is 6.86. The molecule has 0 fully saturated rings. The van der Waals surface area contributed by atoms with Gasteiger partial charge in [-0.2, -0.15) is 0 Å². The van der Waals surface area contributed by atoms with Crippen molar-refractivity contribution in [3.8, 4) is 0 Å². The van der Waals surface area contributed by atoms with Crippen LogP contribution in [-0.2, 0) is 23.0 Å². The number of aromatic nitrogens is 1. The fraction of sp³-hybridized carbons (Fsp3) is 0.692. The Morgan fingerprint density at radius 1 is 1.53 bits per heavy atom. The molecule has 0 aromatic carbocycles. The summed E-state index contributed by atoms with van der Waals surface area (Å²) in [5, 5.41) is 0. The Morgan fingerprint density at radius 2 is 2.26 bits per heavy atom. The summed E-state index contributed by atoms with van der Waals surface area (Å²) in [5.74, 6) is 0.123. The molecule has 1 aromatic heterocycles. The number of nitrogens with one attached hydrogen (secondary N) is 1. The molecule has 1 aliphatic carbocycles. The minimum absolute atomic E-state index is 0.106. The van der Waals surface area contributed by atoms with E-state index in [1.165, 1.54) is 11.3 Å². The van der Waals surface area contributed by atoms with Gasteiger partial charge < -0.3 is 10.3 Å². The van der Waals surface area contributed by atoms with Gasteiger partial charge in [-0.05, 0) is 37.8 Å². The van der Waals surface area contributed by atoms with E-state index in [1.807, 2.05) is 6.92 Å². The lowest BCUT2D eigenvalue weighted by atomic mass is 9.93. The van der Waals surface area contributed by atoms with Gasteiger partial charge in [0.1, 0.15) is 0 Å². The molecule has 1 atom stereocenters. The molecular formula is C13H23N3O2S. The molecule has 1 aromatic rings. The summed E-state index contributed by atoms with van der Waals surface area (Å²) in [6.07, 6.45) is 3.10. The first kappa shape index (κ1) is 14.6. The van der Waals surface area contributed by atoms with Crippen LogP contribution in [0, 0.1) is 6.92 Å². The van der Waals surface area contributed by atoms with Crippen molar-refractivity contribution in [2.24, 2.45) is 5.73 Å². The monoisotopic (exact) mass is 285 g/mol. The van der Waals surface area contributed by atoms with Crippen LogP contribution in [0.2, 0.25) is 0 Å². The number of sulfonamides is 1. The van der Waals surface area contributed by atoms with E-state index in [0.29, 0.717) is 13.1 Å². The number of hydrogen-bond acceptors (Lipinski definition) is 3. The molecule has 108 valence electrons. The predicted octanol–water partition coefficient (Wildman–Crippen LogP) is 1.07. The molecule has 5 nitrogen and oxygen atoms in total. The summed E-state index contributed by atoms with van der Waals surface area (Å²) in [6, 6.07) is 2.22. The average Bonchev–Trinajstić information content (AvgIpc) is 2.64. The highest BCUT2D eigenvalue weighted by atomic mass is 32.2. The van der Waals surface area contributed by atoms with Gasteiger partial charge in [-0.1, -0.05) is 6.92 Å². The normalized spacial score (nSPS) is 19.4. The van der Waals surface area contributed by atoms with Crippen molar-refractivity contribution in [3.05, 3.63) is 23.0 Å². The van der Waals surface area contributed by atoms with E-state index in [-0.39, 0.29) is 11.8 Å². The van der Waals surface area contributed by atoms with Crippen LogP contribution in [-0.4, -0.2) is 25.3 Å². The number of hydrogen-bond donors (Lipinski definition) is 2. The second kappa shape index (κ2) is 5.64. The van der Waals surface area contributed by atoms with E-state index in [0.717, 1.165) is 25.0 Å². The zero-order chi connectivity index (χ0) is 14.0. The third kappa shape index (κ3) is 3.19. The van der Waals surface area contributed by atoms with Gasteiger partial charge in [0.15, 0.2) is 0 Å². The zero-order valence-electron chi connectivity index (χ0n) is 11.6. The Kier molecular flexibility index (Phi) is 4.32. The molecule has 0 aliphatic heterocycles. The van der Waals surface area contributed by atoms with Gasteiger partial charge in [-0.15, -0.1) is 0 Å². The van der Waals surface area contributed by atoms with Gasteiger partial charge in [0, 0.05) is 30.5 Å². The quantitative estimate of drug-likeness (QED) is 0.849. The van der Waals surface area contributed by atoms with Gasteiger partial charge in [0.2, 0.25) is 10.0 Å². The molecule has 19 heavy (non-hydrogen) atoms. The van der Waals surface area contributed by atoms with Crippen LogP contribution >= 0.6 is 0 Å². The SMILES string of the molecule is CCNS(=O)(=O)CCn1c(C)cc2c1CCCC2N. The zero-order valence-corrected chi connectivity index (χ0v) is 12.5. The average molecular weight is 285 g/mol. The Balaban J connectivity index is 2.18. The van der Waals surface area contributed by atoms with E-state index in [9.17, 15) is 8.42 Å². The van der Waals surface area contributed by atoms with Crippen molar-refractivity contribution in [3.63, 3.8) is 0 Å². The maximum atomic E-state index is 11.7.